The average molecular weight is 250 g/mol. The highest BCUT2D eigenvalue weighted by atomic mass is 35.5. The minimum Gasteiger partial charge on any atom is -1.00 e. The van der Waals surface area contributed by atoms with Gasteiger partial charge in [-0.3, -0.25) is 0 Å². The first-order chi connectivity index (χ1) is 7.27. The Bertz CT molecular complexity index is 115. The molecule has 3 N–H and O–H groups in total. The standard InChI is InChI=1S/C14H31N.ClH/c1-14(2)12-10-8-6-4-3-5-7-9-11-13-15;/h14H,3-13,15H2,1-2H3;1H. The van der Waals surface area contributed by atoms with Gasteiger partial charge in [0, 0.05) is 0 Å². The van der Waals surface area contributed by atoms with Crippen LogP contribution in [0.2, 0.25) is 0 Å². The molecular weight excluding hydrogens is 218 g/mol. The average Bonchev–Trinajstić information content (AvgIpc) is 2.20. The summed E-state index contributed by atoms with van der Waals surface area (Å²) in [6, 6.07) is 0. The highest BCUT2D eigenvalue weighted by Crippen LogP contribution is 2.12. The van der Waals surface area contributed by atoms with Gasteiger partial charge >= 0.3 is 0 Å². The second-order valence-corrected chi connectivity index (χ2v) is 5.22. The van der Waals surface area contributed by atoms with Crippen LogP contribution < -0.4 is 18.1 Å². The summed E-state index contributed by atoms with van der Waals surface area (Å²) >= 11 is 0. The Morgan fingerprint density at radius 3 is 1.44 bits per heavy atom. The summed E-state index contributed by atoms with van der Waals surface area (Å²) in [6.45, 7) is 5.76. The Balaban J connectivity index is 0. The predicted octanol–water partition coefficient (Wildman–Crippen LogP) is 0.789. The van der Waals surface area contributed by atoms with Crippen molar-refractivity contribution in [2.45, 2.75) is 78.1 Å². The molecule has 0 bridgehead atoms. The lowest BCUT2D eigenvalue weighted by molar-refractivity contribution is -0.368. The Hall–Kier alpha value is 0.250. The van der Waals surface area contributed by atoms with Gasteiger partial charge in [0.25, 0.3) is 0 Å². The smallest absolute Gasteiger partial charge is 0.0739 e. The number of halogens is 1. The van der Waals surface area contributed by atoms with E-state index in [1.54, 1.807) is 0 Å². The molecule has 0 heterocycles. The maximum atomic E-state index is 3.87. The van der Waals surface area contributed by atoms with Crippen LogP contribution >= 0.6 is 0 Å². The van der Waals surface area contributed by atoms with Crippen LogP contribution in [0, 0.1) is 5.92 Å². The van der Waals surface area contributed by atoms with E-state index in [0.29, 0.717) is 0 Å². The SMILES string of the molecule is CC(C)CCCCCCCCCCC[NH3+].[Cl-]. The predicted molar refractivity (Wildman–Crippen MR) is 68.8 cm³/mol. The van der Waals surface area contributed by atoms with Crippen molar-refractivity contribution in [3.8, 4) is 0 Å². The first-order valence-corrected chi connectivity index (χ1v) is 7.06. The van der Waals surface area contributed by atoms with Gasteiger partial charge in [-0.1, -0.05) is 65.2 Å². The Labute approximate surface area is 109 Å². The topological polar surface area (TPSA) is 27.6 Å². The van der Waals surface area contributed by atoms with Crippen molar-refractivity contribution < 1.29 is 18.1 Å². The summed E-state index contributed by atoms with van der Waals surface area (Å²) in [4.78, 5) is 0. The minimum absolute atomic E-state index is 0. The van der Waals surface area contributed by atoms with Crippen LogP contribution in [0.5, 0.6) is 0 Å². The first-order valence-electron chi connectivity index (χ1n) is 7.06. The molecule has 100 valence electrons. The highest BCUT2D eigenvalue weighted by molar-refractivity contribution is 4.49. The minimum atomic E-state index is 0. The van der Waals surface area contributed by atoms with Crippen LogP contribution in [-0.4, -0.2) is 6.54 Å². The lowest BCUT2D eigenvalue weighted by atomic mass is 10.0. The molecular formula is C14H32ClN. The van der Waals surface area contributed by atoms with E-state index in [9.17, 15) is 0 Å². The zero-order chi connectivity index (χ0) is 11.4. The molecule has 0 rings (SSSR count). The van der Waals surface area contributed by atoms with Crippen LogP contribution in [0.4, 0.5) is 0 Å². The van der Waals surface area contributed by atoms with E-state index in [-0.39, 0.29) is 12.4 Å². The molecule has 0 amide bonds. The molecule has 0 atom stereocenters. The van der Waals surface area contributed by atoms with Crippen molar-refractivity contribution in [2.75, 3.05) is 6.54 Å². The molecule has 0 saturated heterocycles. The fourth-order valence-electron chi connectivity index (χ4n) is 1.97. The van der Waals surface area contributed by atoms with Crippen molar-refractivity contribution in [3.63, 3.8) is 0 Å². The third-order valence-corrected chi connectivity index (χ3v) is 3.03. The number of unbranched alkanes of at least 4 members (excludes halogenated alkanes) is 8. The Kier molecular flexibility index (Phi) is 17.7. The van der Waals surface area contributed by atoms with Crippen molar-refractivity contribution in [3.05, 3.63) is 0 Å². The molecule has 2 heteroatoms. The zero-order valence-electron chi connectivity index (χ0n) is 11.4. The van der Waals surface area contributed by atoms with Crippen LogP contribution in [0.1, 0.15) is 78.1 Å². The fraction of sp³-hybridized carbons (Fsp3) is 1.00. The van der Waals surface area contributed by atoms with Gasteiger partial charge in [-0.2, -0.15) is 0 Å². The zero-order valence-corrected chi connectivity index (χ0v) is 12.2. The van der Waals surface area contributed by atoms with Gasteiger partial charge in [0.2, 0.25) is 0 Å². The van der Waals surface area contributed by atoms with Crippen LogP contribution in [0.3, 0.4) is 0 Å². The summed E-state index contributed by atoms with van der Waals surface area (Å²) in [5, 5.41) is 0. The lowest BCUT2D eigenvalue weighted by Crippen LogP contribution is -3.00. The summed E-state index contributed by atoms with van der Waals surface area (Å²) < 4.78 is 0. The van der Waals surface area contributed by atoms with Gasteiger partial charge in [0.15, 0.2) is 0 Å². The van der Waals surface area contributed by atoms with Crippen molar-refractivity contribution in [1.29, 1.82) is 0 Å². The summed E-state index contributed by atoms with van der Waals surface area (Å²) in [5.41, 5.74) is 3.87. The van der Waals surface area contributed by atoms with Gasteiger partial charge < -0.3 is 18.1 Å². The van der Waals surface area contributed by atoms with E-state index >= 15 is 0 Å². The van der Waals surface area contributed by atoms with Crippen molar-refractivity contribution >= 4 is 0 Å². The van der Waals surface area contributed by atoms with Crippen LogP contribution in [-0.2, 0) is 0 Å². The van der Waals surface area contributed by atoms with Gasteiger partial charge in [0.1, 0.15) is 0 Å². The monoisotopic (exact) mass is 249 g/mol. The summed E-state index contributed by atoms with van der Waals surface area (Å²) in [5.74, 6) is 0.896. The van der Waals surface area contributed by atoms with E-state index in [4.69, 9.17) is 0 Å². The molecule has 0 aromatic carbocycles. The molecule has 0 aliphatic heterocycles. The number of quaternary nitrogens is 1. The molecule has 0 unspecified atom stereocenters. The van der Waals surface area contributed by atoms with Crippen molar-refractivity contribution in [1.82, 2.24) is 0 Å². The maximum absolute atomic E-state index is 3.87. The second-order valence-electron chi connectivity index (χ2n) is 5.22. The van der Waals surface area contributed by atoms with Gasteiger partial charge in [-0.15, -0.1) is 0 Å². The number of rotatable bonds is 11. The van der Waals surface area contributed by atoms with Crippen molar-refractivity contribution in [2.24, 2.45) is 5.92 Å². The molecule has 0 fully saturated rings. The van der Waals surface area contributed by atoms with E-state index in [1.807, 2.05) is 0 Å². The van der Waals surface area contributed by atoms with Crippen LogP contribution in [0.15, 0.2) is 0 Å². The van der Waals surface area contributed by atoms with Crippen LogP contribution in [0.25, 0.3) is 0 Å². The fourth-order valence-corrected chi connectivity index (χ4v) is 1.97. The third-order valence-electron chi connectivity index (χ3n) is 3.03. The largest absolute Gasteiger partial charge is 1.00 e. The van der Waals surface area contributed by atoms with E-state index in [0.717, 1.165) is 12.5 Å². The first kappa shape index (κ1) is 18.6. The quantitative estimate of drug-likeness (QED) is 0.525. The second kappa shape index (κ2) is 15.2. The molecule has 0 spiro atoms. The summed E-state index contributed by atoms with van der Waals surface area (Å²) in [7, 11) is 0. The Morgan fingerprint density at radius 2 is 1.06 bits per heavy atom. The third kappa shape index (κ3) is 16.7. The molecule has 0 aromatic rings. The number of hydrogen-bond donors (Lipinski definition) is 1. The molecule has 1 nitrogen and oxygen atoms in total. The Morgan fingerprint density at radius 1 is 0.688 bits per heavy atom. The van der Waals surface area contributed by atoms with E-state index in [2.05, 4.69) is 19.6 Å². The summed E-state index contributed by atoms with van der Waals surface area (Å²) in [6.07, 6.45) is 14.3. The van der Waals surface area contributed by atoms with Gasteiger partial charge in [-0.25, -0.2) is 0 Å². The number of hydrogen-bond acceptors (Lipinski definition) is 0. The van der Waals surface area contributed by atoms with E-state index < -0.39 is 0 Å². The molecule has 16 heavy (non-hydrogen) atoms. The maximum Gasteiger partial charge on any atom is 0.0739 e. The normalized spacial score (nSPS) is 10.5. The molecule has 0 aliphatic carbocycles. The highest BCUT2D eigenvalue weighted by Gasteiger charge is 1.95. The van der Waals surface area contributed by atoms with Gasteiger partial charge in [0.05, 0.1) is 6.54 Å². The van der Waals surface area contributed by atoms with E-state index in [1.165, 1.54) is 64.2 Å². The molecule has 0 aliphatic rings. The molecule has 0 saturated carbocycles. The van der Waals surface area contributed by atoms with Gasteiger partial charge in [-0.05, 0) is 18.8 Å². The molecule has 0 radical (unpaired) electrons. The molecule has 0 aromatic heterocycles. The lowest BCUT2D eigenvalue weighted by Gasteiger charge is -2.04.